The molecule has 17 heavy (non-hydrogen) atoms. The van der Waals surface area contributed by atoms with Gasteiger partial charge in [-0.05, 0) is 57.7 Å². The van der Waals surface area contributed by atoms with Crippen molar-refractivity contribution in [2.24, 2.45) is 0 Å². The Bertz CT molecular complexity index is 226. The van der Waals surface area contributed by atoms with Gasteiger partial charge < -0.3 is 5.32 Å². The molecule has 2 nitrogen and oxygen atoms in total. The first kappa shape index (κ1) is 13.7. The highest BCUT2D eigenvalue weighted by Gasteiger charge is 2.37. The first-order chi connectivity index (χ1) is 8.26. The topological polar surface area (TPSA) is 15.3 Å². The Kier molecular flexibility index (Phi) is 5.19. The Morgan fingerprint density at radius 1 is 1.35 bits per heavy atom. The van der Waals surface area contributed by atoms with Gasteiger partial charge >= 0.3 is 0 Å². The van der Waals surface area contributed by atoms with Crippen LogP contribution in [-0.2, 0) is 0 Å². The Labute approximate surface area is 111 Å². The molecule has 1 atom stereocenters. The van der Waals surface area contributed by atoms with Gasteiger partial charge in [-0.15, -0.1) is 0 Å². The Hall–Kier alpha value is 0.270. The maximum absolute atomic E-state index is 3.86. The van der Waals surface area contributed by atoms with Crippen LogP contribution in [0.2, 0.25) is 0 Å². The standard InChI is InChI=1S/C14H28N2S/c1-13-6-9-15-14(7-3-4-8-14)12-16(13)10-5-11-17-2/h13,15H,3-12H2,1-2H3. The highest BCUT2D eigenvalue weighted by atomic mass is 32.2. The monoisotopic (exact) mass is 256 g/mol. The minimum atomic E-state index is 0.476. The number of hydrogen-bond acceptors (Lipinski definition) is 3. The van der Waals surface area contributed by atoms with Crippen LogP contribution in [0.25, 0.3) is 0 Å². The van der Waals surface area contributed by atoms with Crippen LogP contribution in [0.4, 0.5) is 0 Å². The van der Waals surface area contributed by atoms with E-state index < -0.39 is 0 Å². The summed E-state index contributed by atoms with van der Waals surface area (Å²) in [6, 6.07) is 0.768. The molecule has 1 saturated carbocycles. The quantitative estimate of drug-likeness (QED) is 0.779. The van der Waals surface area contributed by atoms with Crippen molar-refractivity contribution in [2.75, 3.05) is 31.6 Å². The molecule has 0 aromatic rings. The van der Waals surface area contributed by atoms with Crippen LogP contribution in [0.1, 0.15) is 45.4 Å². The first-order valence-electron chi connectivity index (χ1n) is 7.24. The summed E-state index contributed by atoms with van der Waals surface area (Å²) < 4.78 is 0. The van der Waals surface area contributed by atoms with Crippen molar-refractivity contribution in [2.45, 2.75) is 57.0 Å². The van der Waals surface area contributed by atoms with Crippen molar-refractivity contribution < 1.29 is 0 Å². The summed E-state index contributed by atoms with van der Waals surface area (Å²) in [6.45, 7) is 6.23. The lowest BCUT2D eigenvalue weighted by molar-refractivity contribution is 0.168. The molecule has 2 fully saturated rings. The van der Waals surface area contributed by atoms with E-state index in [1.807, 2.05) is 11.8 Å². The van der Waals surface area contributed by atoms with Gasteiger partial charge in [0.05, 0.1) is 0 Å². The van der Waals surface area contributed by atoms with Gasteiger partial charge in [0, 0.05) is 18.1 Å². The van der Waals surface area contributed by atoms with E-state index in [9.17, 15) is 0 Å². The van der Waals surface area contributed by atoms with Gasteiger partial charge in [0.15, 0.2) is 0 Å². The van der Waals surface area contributed by atoms with Gasteiger partial charge in [-0.1, -0.05) is 12.8 Å². The summed E-state index contributed by atoms with van der Waals surface area (Å²) in [5.74, 6) is 1.31. The molecule has 2 aliphatic rings. The zero-order chi connectivity index (χ0) is 12.1. The number of nitrogens with zero attached hydrogens (tertiary/aromatic N) is 1. The third-order valence-electron chi connectivity index (χ3n) is 4.55. The Balaban J connectivity index is 1.91. The van der Waals surface area contributed by atoms with Crippen molar-refractivity contribution in [3.8, 4) is 0 Å². The van der Waals surface area contributed by atoms with E-state index in [-0.39, 0.29) is 0 Å². The van der Waals surface area contributed by atoms with Crippen molar-refractivity contribution >= 4 is 11.8 Å². The lowest BCUT2D eigenvalue weighted by atomic mass is 9.97. The molecule has 2 rings (SSSR count). The molecule has 1 aliphatic carbocycles. The van der Waals surface area contributed by atoms with E-state index in [1.54, 1.807) is 0 Å². The van der Waals surface area contributed by atoms with Gasteiger partial charge in [-0.2, -0.15) is 11.8 Å². The van der Waals surface area contributed by atoms with Crippen LogP contribution in [0.3, 0.4) is 0 Å². The van der Waals surface area contributed by atoms with Crippen LogP contribution >= 0.6 is 11.8 Å². The molecule has 0 aromatic heterocycles. The third kappa shape index (κ3) is 3.62. The van der Waals surface area contributed by atoms with Crippen molar-refractivity contribution in [1.29, 1.82) is 0 Å². The van der Waals surface area contributed by atoms with Crippen molar-refractivity contribution in [1.82, 2.24) is 10.2 Å². The summed E-state index contributed by atoms with van der Waals surface area (Å²) in [6.07, 6.45) is 10.5. The molecule has 0 bridgehead atoms. The van der Waals surface area contributed by atoms with Crippen LogP contribution < -0.4 is 5.32 Å². The molecule has 0 aromatic carbocycles. The molecular formula is C14H28N2S. The van der Waals surface area contributed by atoms with Crippen LogP contribution in [0, 0.1) is 0 Å². The maximum atomic E-state index is 3.86. The molecule has 1 spiro atoms. The first-order valence-corrected chi connectivity index (χ1v) is 8.63. The van der Waals surface area contributed by atoms with Crippen LogP contribution in [0.15, 0.2) is 0 Å². The van der Waals surface area contributed by atoms with Crippen LogP contribution in [-0.4, -0.2) is 48.1 Å². The second-order valence-electron chi connectivity index (χ2n) is 5.87. The maximum Gasteiger partial charge on any atom is 0.0308 e. The predicted octanol–water partition coefficient (Wildman–Crippen LogP) is 2.74. The van der Waals surface area contributed by atoms with Gasteiger partial charge in [0.2, 0.25) is 0 Å². The SMILES string of the molecule is CSCCCN1CC2(CCCC2)NCCC1C. The second kappa shape index (κ2) is 6.44. The number of nitrogens with one attached hydrogen (secondary N) is 1. The summed E-state index contributed by atoms with van der Waals surface area (Å²) in [4.78, 5) is 2.75. The van der Waals surface area contributed by atoms with E-state index in [2.05, 4.69) is 23.4 Å². The fourth-order valence-corrected chi connectivity index (χ4v) is 3.85. The van der Waals surface area contributed by atoms with Crippen molar-refractivity contribution in [3.05, 3.63) is 0 Å². The average Bonchev–Trinajstić information content (AvgIpc) is 2.70. The van der Waals surface area contributed by atoms with Gasteiger partial charge in [-0.25, -0.2) is 0 Å². The van der Waals surface area contributed by atoms with Gasteiger partial charge in [0.1, 0.15) is 0 Å². The third-order valence-corrected chi connectivity index (χ3v) is 5.24. The molecule has 1 aliphatic heterocycles. The molecule has 1 unspecified atom stereocenters. The summed E-state index contributed by atoms with van der Waals surface area (Å²) >= 11 is 1.98. The van der Waals surface area contributed by atoms with Crippen LogP contribution in [0.5, 0.6) is 0 Å². The highest BCUT2D eigenvalue weighted by molar-refractivity contribution is 7.98. The van der Waals surface area contributed by atoms with E-state index in [0.717, 1.165) is 6.04 Å². The molecule has 0 amide bonds. The summed E-state index contributed by atoms with van der Waals surface area (Å²) in [5.41, 5.74) is 0.476. The zero-order valence-corrected chi connectivity index (χ0v) is 12.3. The molecular weight excluding hydrogens is 228 g/mol. The highest BCUT2D eigenvalue weighted by Crippen LogP contribution is 2.32. The van der Waals surface area contributed by atoms with E-state index in [1.165, 1.54) is 63.9 Å². The Morgan fingerprint density at radius 3 is 2.82 bits per heavy atom. The summed E-state index contributed by atoms with van der Waals surface area (Å²) in [5, 5.41) is 3.86. The minimum absolute atomic E-state index is 0.476. The smallest absolute Gasteiger partial charge is 0.0308 e. The fourth-order valence-electron chi connectivity index (χ4n) is 3.43. The largest absolute Gasteiger partial charge is 0.310 e. The lowest BCUT2D eigenvalue weighted by Crippen LogP contribution is -2.50. The number of rotatable bonds is 4. The van der Waals surface area contributed by atoms with Gasteiger partial charge in [-0.3, -0.25) is 4.90 Å². The zero-order valence-electron chi connectivity index (χ0n) is 11.5. The van der Waals surface area contributed by atoms with E-state index in [4.69, 9.17) is 0 Å². The lowest BCUT2D eigenvalue weighted by Gasteiger charge is -2.35. The number of thioether (sulfide) groups is 1. The van der Waals surface area contributed by atoms with E-state index in [0.29, 0.717) is 5.54 Å². The normalized spacial score (nSPS) is 29.6. The van der Waals surface area contributed by atoms with Gasteiger partial charge in [0.25, 0.3) is 0 Å². The average molecular weight is 256 g/mol. The fraction of sp³-hybridized carbons (Fsp3) is 1.00. The predicted molar refractivity (Wildman–Crippen MR) is 77.9 cm³/mol. The van der Waals surface area contributed by atoms with Crippen molar-refractivity contribution in [3.63, 3.8) is 0 Å². The molecule has 0 radical (unpaired) electrons. The molecule has 100 valence electrons. The molecule has 3 heteroatoms. The molecule has 1 saturated heterocycles. The second-order valence-corrected chi connectivity index (χ2v) is 6.85. The molecule has 1 N–H and O–H groups in total. The van der Waals surface area contributed by atoms with E-state index >= 15 is 0 Å². The minimum Gasteiger partial charge on any atom is -0.310 e. The number of hydrogen-bond donors (Lipinski definition) is 1. The Morgan fingerprint density at radius 2 is 2.12 bits per heavy atom. The molecule has 1 heterocycles. The summed E-state index contributed by atoms with van der Waals surface area (Å²) in [7, 11) is 0.